The predicted octanol–water partition coefficient (Wildman–Crippen LogP) is 3.33. The number of rotatable bonds is 3. The molecule has 0 saturated carbocycles. The Morgan fingerprint density at radius 3 is 2.46 bits per heavy atom. The van der Waals surface area contributed by atoms with Gasteiger partial charge in [0.25, 0.3) is 11.5 Å². The number of thiophene rings is 1. The monoisotopic (exact) mass is 391 g/mol. The molecule has 1 amide bonds. The summed E-state index contributed by atoms with van der Waals surface area (Å²) in [5, 5.41) is 2.55. The highest BCUT2D eigenvalue weighted by Crippen LogP contribution is 2.26. The number of hydrogen-bond donors (Lipinski definition) is 1. The van der Waals surface area contributed by atoms with Gasteiger partial charge in [0.15, 0.2) is 0 Å². The molecule has 0 saturated heterocycles. The SMILES string of the molecule is Cc1c(C(=O)N(C)c2ccccc2)csc1-n1c(=O)[nH]c2ccccc2c1=O. The van der Waals surface area contributed by atoms with Crippen LogP contribution in [0.3, 0.4) is 0 Å². The predicted molar refractivity (Wildman–Crippen MR) is 112 cm³/mol. The van der Waals surface area contributed by atoms with Gasteiger partial charge in [-0.3, -0.25) is 9.59 Å². The average Bonchev–Trinajstić information content (AvgIpc) is 3.08. The second-order valence-corrected chi connectivity index (χ2v) is 7.25. The zero-order chi connectivity index (χ0) is 19.8. The van der Waals surface area contributed by atoms with Crippen LogP contribution >= 0.6 is 11.3 Å². The topological polar surface area (TPSA) is 75.2 Å². The Morgan fingerprint density at radius 1 is 1.04 bits per heavy atom. The number of anilines is 1. The maximum absolute atomic E-state index is 13.0. The summed E-state index contributed by atoms with van der Waals surface area (Å²) in [6, 6.07) is 16.2. The van der Waals surface area contributed by atoms with Crippen molar-refractivity contribution in [3.8, 4) is 5.00 Å². The van der Waals surface area contributed by atoms with Gasteiger partial charge < -0.3 is 9.88 Å². The molecule has 2 aromatic carbocycles. The molecule has 7 heteroatoms. The van der Waals surface area contributed by atoms with Gasteiger partial charge in [0.05, 0.1) is 16.5 Å². The van der Waals surface area contributed by atoms with Crippen molar-refractivity contribution in [3.63, 3.8) is 0 Å². The summed E-state index contributed by atoms with van der Waals surface area (Å²) in [6.45, 7) is 1.75. The summed E-state index contributed by atoms with van der Waals surface area (Å²) in [5.41, 5.74) is 1.39. The lowest BCUT2D eigenvalue weighted by Gasteiger charge is -2.17. The molecular weight excluding hydrogens is 374 g/mol. The highest BCUT2D eigenvalue weighted by Gasteiger charge is 2.22. The van der Waals surface area contributed by atoms with Crippen molar-refractivity contribution in [1.82, 2.24) is 9.55 Å². The van der Waals surface area contributed by atoms with Crippen molar-refractivity contribution in [2.75, 3.05) is 11.9 Å². The molecule has 0 fully saturated rings. The lowest BCUT2D eigenvalue weighted by atomic mass is 10.1. The number of H-pyrrole nitrogens is 1. The number of fused-ring (bicyclic) bond motifs is 1. The number of amides is 1. The summed E-state index contributed by atoms with van der Waals surface area (Å²) in [6.07, 6.45) is 0. The zero-order valence-corrected chi connectivity index (χ0v) is 16.1. The van der Waals surface area contributed by atoms with Crippen LogP contribution in [0.2, 0.25) is 0 Å². The standard InChI is InChI=1S/C21H17N3O3S/c1-13-16(18(25)23(2)14-8-4-3-5-9-14)12-28-20(13)24-19(26)15-10-6-7-11-17(15)22-21(24)27/h3-12H,1-2H3,(H,22,27). The summed E-state index contributed by atoms with van der Waals surface area (Å²) < 4.78 is 1.10. The molecule has 0 radical (unpaired) electrons. The van der Waals surface area contributed by atoms with Crippen LogP contribution in [0.25, 0.3) is 15.9 Å². The number of carbonyl (C=O) groups is 1. The highest BCUT2D eigenvalue weighted by atomic mass is 32.1. The summed E-state index contributed by atoms with van der Waals surface area (Å²) in [5.74, 6) is -0.198. The molecule has 4 rings (SSSR count). The highest BCUT2D eigenvalue weighted by molar-refractivity contribution is 7.13. The summed E-state index contributed by atoms with van der Waals surface area (Å²) in [4.78, 5) is 42.7. The Labute approximate surface area is 164 Å². The number of hydrogen-bond acceptors (Lipinski definition) is 4. The second-order valence-electron chi connectivity index (χ2n) is 6.40. The Hall–Kier alpha value is -3.45. The Kier molecular flexibility index (Phi) is 4.44. The third kappa shape index (κ3) is 2.86. The fraction of sp³-hybridized carbons (Fsp3) is 0.0952. The van der Waals surface area contributed by atoms with E-state index in [1.165, 1.54) is 11.3 Å². The molecule has 0 spiro atoms. The van der Waals surface area contributed by atoms with E-state index in [0.717, 1.165) is 10.3 Å². The first-order valence-corrected chi connectivity index (χ1v) is 9.52. The molecule has 2 heterocycles. The van der Waals surface area contributed by atoms with Gasteiger partial charge in [-0.15, -0.1) is 11.3 Å². The minimum Gasteiger partial charge on any atom is -0.311 e. The van der Waals surface area contributed by atoms with Gasteiger partial charge in [-0.25, -0.2) is 9.36 Å². The van der Waals surface area contributed by atoms with Gasteiger partial charge in [-0.2, -0.15) is 0 Å². The van der Waals surface area contributed by atoms with Gasteiger partial charge in [0, 0.05) is 18.1 Å². The van der Waals surface area contributed by atoms with Crippen LogP contribution in [0.1, 0.15) is 15.9 Å². The van der Waals surface area contributed by atoms with Crippen LogP contribution in [0.5, 0.6) is 0 Å². The fourth-order valence-electron chi connectivity index (χ4n) is 3.13. The molecular formula is C21H17N3O3S. The molecule has 140 valence electrons. The minimum atomic E-state index is -0.524. The fourth-order valence-corrected chi connectivity index (χ4v) is 4.20. The maximum Gasteiger partial charge on any atom is 0.334 e. The quantitative estimate of drug-likeness (QED) is 0.582. The van der Waals surface area contributed by atoms with Gasteiger partial charge in [-0.05, 0) is 36.8 Å². The molecule has 0 aliphatic carbocycles. The van der Waals surface area contributed by atoms with Crippen molar-refractivity contribution >= 4 is 33.8 Å². The maximum atomic E-state index is 13.0. The largest absolute Gasteiger partial charge is 0.334 e. The molecule has 0 aliphatic rings. The van der Waals surface area contributed by atoms with E-state index in [9.17, 15) is 14.4 Å². The van der Waals surface area contributed by atoms with Crippen molar-refractivity contribution in [3.05, 3.63) is 91.9 Å². The van der Waals surface area contributed by atoms with Gasteiger partial charge in [0.1, 0.15) is 5.00 Å². The first-order valence-electron chi connectivity index (χ1n) is 8.64. The van der Waals surface area contributed by atoms with E-state index < -0.39 is 11.2 Å². The number of nitrogens with zero attached hydrogens (tertiary/aromatic N) is 2. The van der Waals surface area contributed by atoms with Crippen molar-refractivity contribution in [1.29, 1.82) is 0 Å². The van der Waals surface area contributed by atoms with E-state index in [0.29, 0.717) is 27.0 Å². The molecule has 0 atom stereocenters. The van der Waals surface area contributed by atoms with E-state index in [1.54, 1.807) is 48.5 Å². The van der Waals surface area contributed by atoms with Crippen LogP contribution < -0.4 is 16.1 Å². The first-order chi connectivity index (χ1) is 13.5. The van der Waals surface area contributed by atoms with Crippen LogP contribution in [-0.2, 0) is 0 Å². The van der Waals surface area contributed by atoms with Gasteiger partial charge in [-0.1, -0.05) is 30.3 Å². The molecule has 6 nitrogen and oxygen atoms in total. The first kappa shape index (κ1) is 17.9. The molecule has 28 heavy (non-hydrogen) atoms. The molecule has 0 bridgehead atoms. The van der Waals surface area contributed by atoms with Crippen molar-refractivity contribution < 1.29 is 4.79 Å². The van der Waals surface area contributed by atoms with E-state index in [2.05, 4.69) is 4.98 Å². The van der Waals surface area contributed by atoms with Gasteiger partial charge in [0.2, 0.25) is 0 Å². The second kappa shape index (κ2) is 6.94. The number of benzene rings is 2. The van der Waals surface area contributed by atoms with E-state index in [-0.39, 0.29) is 5.91 Å². The van der Waals surface area contributed by atoms with Crippen LogP contribution in [0.15, 0.2) is 69.6 Å². The molecule has 1 N–H and O–H groups in total. The van der Waals surface area contributed by atoms with Gasteiger partial charge >= 0.3 is 5.69 Å². The molecule has 2 aromatic heterocycles. The number of carbonyl (C=O) groups excluding carboxylic acids is 1. The number of aromatic nitrogens is 2. The van der Waals surface area contributed by atoms with E-state index in [1.807, 2.05) is 30.3 Å². The zero-order valence-electron chi connectivity index (χ0n) is 15.3. The Morgan fingerprint density at radius 2 is 1.71 bits per heavy atom. The summed E-state index contributed by atoms with van der Waals surface area (Å²) in [7, 11) is 1.70. The normalized spacial score (nSPS) is 10.9. The molecule has 0 unspecified atom stereocenters. The molecule has 4 aromatic rings. The Balaban J connectivity index is 1.82. The van der Waals surface area contributed by atoms with Crippen molar-refractivity contribution in [2.24, 2.45) is 0 Å². The number of para-hydroxylation sites is 2. The Bertz CT molecular complexity index is 1300. The third-order valence-electron chi connectivity index (χ3n) is 4.70. The smallest absolute Gasteiger partial charge is 0.311 e. The van der Waals surface area contributed by atoms with Crippen molar-refractivity contribution in [2.45, 2.75) is 6.92 Å². The lowest BCUT2D eigenvalue weighted by molar-refractivity contribution is 0.0993. The summed E-state index contributed by atoms with van der Waals surface area (Å²) >= 11 is 1.20. The molecule has 0 aliphatic heterocycles. The minimum absolute atomic E-state index is 0.198. The average molecular weight is 391 g/mol. The van der Waals surface area contributed by atoms with Crippen LogP contribution in [0, 0.1) is 6.92 Å². The van der Waals surface area contributed by atoms with E-state index >= 15 is 0 Å². The number of nitrogens with one attached hydrogen (secondary N) is 1. The van der Waals surface area contributed by atoms with Crippen LogP contribution in [0.4, 0.5) is 5.69 Å². The van der Waals surface area contributed by atoms with E-state index in [4.69, 9.17) is 0 Å². The lowest BCUT2D eigenvalue weighted by Crippen LogP contribution is -2.33. The number of aromatic amines is 1. The van der Waals surface area contributed by atoms with Crippen LogP contribution in [-0.4, -0.2) is 22.5 Å². The third-order valence-corrected chi connectivity index (χ3v) is 5.77.